The number of aryl methyl sites for hydroxylation is 2. The summed E-state index contributed by atoms with van der Waals surface area (Å²) in [7, 11) is 0. The number of ether oxygens (including phenoxy) is 1. The number of anilines is 1. The quantitative estimate of drug-likeness (QED) is 0.816. The van der Waals surface area contributed by atoms with Crippen LogP contribution in [0.2, 0.25) is 0 Å². The van der Waals surface area contributed by atoms with Crippen LogP contribution in [-0.2, 0) is 16.1 Å². The second kappa shape index (κ2) is 8.71. The number of carbonyl (C=O) groups excluding carboxylic acids is 2. The van der Waals surface area contributed by atoms with Crippen molar-refractivity contribution in [3.05, 3.63) is 59.2 Å². The highest BCUT2D eigenvalue weighted by Gasteiger charge is 2.21. The predicted molar refractivity (Wildman–Crippen MR) is 106 cm³/mol. The Morgan fingerprint density at radius 3 is 2.44 bits per heavy atom. The number of nitrogens with zero attached hydrogens (tertiary/aromatic N) is 1. The highest BCUT2D eigenvalue weighted by atomic mass is 16.5. The highest BCUT2D eigenvalue weighted by molar-refractivity contribution is 5.95. The van der Waals surface area contributed by atoms with Gasteiger partial charge in [0, 0.05) is 25.2 Å². The summed E-state index contributed by atoms with van der Waals surface area (Å²) in [6.07, 6.45) is 1.86. The molecule has 1 N–H and O–H groups in total. The maximum Gasteiger partial charge on any atom is 0.227 e. The minimum atomic E-state index is -0.0434. The molecule has 2 aromatic carbocycles. The summed E-state index contributed by atoms with van der Waals surface area (Å²) in [5.41, 5.74) is 4.23. The maximum absolute atomic E-state index is 12.0. The molecule has 2 aromatic rings. The largest absolute Gasteiger partial charge is 0.493 e. The molecule has 3 rings (SSSR count). The van der Waals surface area contributed by atoms with Crippen molar-refractivity contribution in [2.24, 2.45) is 0 Å². The lowest BCUT2D eigenvalue weighted by Gasteiger charge is -2.16. The zero-order chi connectivity index (χ0) is 19.2. The lowest BCUT2D eigenvalue weighted by Crippen LogP contribution is -2.25. The van der Waals surface area contributed by atoms with Gasteiger partial charge in [0.2, 0.25) is 11.8 Å². The van der Waals surface area contributed by atoms with Crippen molar-refractivity contribution >= 4 is 17.5 Å². The van der Waals surface area contributed by atoms with Crippen LogP contribution in [0.15, 0.2) is 42.5 Å². The second-order valence-electron chi connectivity index (χ2n) is 7.01. The standard InChI is InChI=1S/C22H26N2O3/c1-16-12-17(2)14-20(13-16)27-11-9-21(25)23-15-18-5-7-19(8-6-18)24-10-3-4-22(24)26/h5-8,12-14H,3-4,9-11,15H2,1-2H3,(H,23,25). The SMILES string of the molecule is Cc1cc(C)cc(OCCC(=O)NCc2ccc(N3CCCC3=O)cc2)c1. The van der Waals surface area contributed by atoms with E-state index in [1.54, 1.807) is 0 Å². The van der Waals surface area contributed by atoms with Gasteiger partial charge in [-0.3, -0.25) is 9.59 Å². The average Bonchev–Trinajstić information content (AvgIpc) is 3.05. The van der Waals surface area contributed by atoms with Crippen molar-refractivity contribution in [1.82, 2.24) is 5.32 Å². The van der Waals surface area contributed by atoms with E-state index < -0.39 is 0 Å². The topological polar surface area (TPSA) is 58.6 Å². The molecule has 0 unspecified atom stereocenters. The molecule has 0 aliphatic carbocycles. The number of nitrogens with one attached hydrogen (secondary N) is 1. The molecule has 1 aliphatic rings. The third-order valence-corrected chi connectivity index (χ3v) is 4.60. The number of carbonyl (C=O) groups is 2. The van der Waals surface area contributed by atoms with Gasteiger partial charge in [0.25, 0.3) is 0 Å². The Morgan fingerprint density at radius 2 is 1.81 bits per heavy atom. The van der Waals surface area contributed by atoms with Gasteiger partial charge in [-0.2, -0.15) is 0 Å². The number of hydrogen-bond donors (Lipinski definition) is 1. The van der Waals surface area contributed by atoms with E-state index in [-0.39, 0.29) is 11.8 Å². The zero-order valence-corrected chi connectivity index (χ0v) is 16.0. The molecule has 0 bridgehead atoms. The smallest absolute Gasteiger partial charge is 0.227 e. The van der Waals surface area contributed by atoms with E-state index in [0.29, 0.717) is 26.0 Å². The van der Waals surface area contributed by atoms with Gasteiger partial charge in [0.05, 0.1) is 13.0 Å². The Balaban J connectivity index is 1.41. The second-order valence-corrected chi connectivity index (χ2v) is 7.01. The van der Waals surface area contributed by atoms with E-state index in [9.17, 15) is 9.59 Å². The number of hydrogen-bond acceptors (Lipinski definition) is 3. The first-order chi connectivity index (χ1) is 13.0. The van der Waals surface area contributed by atoms with Crippen LogP contribution in [0.5, 0.6) is 5.75 Å². The molecule has 0 saturated carbocycles. The van der Waals surface area contributed by atoms with Crippen molar-refractivity contribution in [1.29, 1.82) is 0 Å². The molecule has 5 nitrogen and oxygen atoms in total. The fourth-order valence-corrected chi connectivity index (χ4v) is 3.28. The van der Waals surface area contributed by atoms with Gasteiger partial charge >= 0.3 is 0 Å². The molecule has 1 fully saturated rings. The van der Waals surface area contributed by atoms with Crippen molar-refractivity contribution in [3.8, 4) is 5.75 Å². The number of benzene rings is 2. The lowest BCUT2D eigenvalue weighted by molar-refractivity contribution is -0.121. The summed E-state index contributed by atoms with van der Waals surface area (Å²) < 4.78 is 5.67. The molecule has 0 spiro atoms. The Kier molecular flexibility index (Phi) is 6.12. The van der Waals surface area contributed by atoms with Crippen LogP contribution < -0.4 is 15.0 Å². The van der Waals surface area contributed by atoms with Crippen LogP contribution in [0.25, 0.3) is 0 Å². The van der Waals surface area contributed by atoms with Gasteiger partial charge in [-0.25, -0.2) is 0 Å². The Hall–Kier alpha value is -2.82. The summed E-state index contributed by atoms with van der Waals surface area (Å²) in [4.78, 5) is 25.6. The molecule has 1 heterocycles. The molecule has 0 aromatic heterocycles. The molecular weight excluding hydrogens is 340 g/mol. The van der Waals surface area contributed by atoms with Gasteiger partial charge < -0.3 is 15.0 Å². The van der Waals surface area contributed by atoms with E-state index >= 15 is 0 Å². The van der Waals surface area contributed by atoms with Crippen molar-refractivity contribution in [3.63, 3.8) is 0 Å². The van der Waals surface area contributed by atoms with E-state index in [1.807, 2.05) is 55.1 Å². The van der Waals surface area contributed by atoms with Crippen molar-refractivity contribution in [2.45, 2.75) is 39.7 Å². The molecule has 142 valence electrons. The predicted octanol–water partition coefficient (Wildman–Crippen LogP) is 3.52. The first kappa shape index (κ1) is 19.0. The average molecular weight is 366 g/mol. The zero-order valence-electron chi connectivity index (χ0n) is 16.0. The first-order valence-corrected chi connectivity index (χ1v) is 9.38. The van der Waals surface area contributed by atoms with Crippen molar-refractivity contribution < 1.29 is 14.3 Å². The molecule has 1 saturated heterocycles. The number of rotatable bonds is 7. The van der Waals surface area contributed by atoms with Crippen LogP contribution in [0.4, 0.5) is 5.69 Å². The fourth-order valence-electron chi connectivity index (χ4n) is 3.28. The molecular formula is C22H26N2O3. The van der Waals surface area contributed by atoms with E-state index in [4.69, 9.17) is 4.74 Å². The number of amides is 2. The van der Waals surface area contributed by atoms with Gasteiger partial charge in [0.1, 0.15) is 5.75 Å². The molecule has 1 aliphatic heterocycles. The summed E-state index contributed by atoms with van der Waals surface area (Å²) in [5.74, 6) is 0.936. The minimum Gasteiger partial charge on any atom is -0.493 e. The third-order valence-electron chi connectivity index (χ3n) is 4.60. The van der Waals surface area contributed by atoms with Crippen LogP contribution >= 0.6 is 0 Å². The lowest BCUT2D eigenvalue weighted by atomic mass is 10.1. The molecule has 0 atom stereocenters. The maximum atomic E-state index is 12.0. The summed E-state index contributed by atoms with van der Waals surface area (Å²) in [5, 5.41) is 2.91. The van der Waals surface area contributed by atoms with Crippen LogP contribution in [-0.4, -0.2) is 25.0 Å². The van der Waals surface area contributed by atoms with Gasteiger partial charge in [-0.05, 0) is 61.2 Å². The van der Waals surface area contributed by atoms with Crippen molar-refractivity contribution in [2.75, 3.05) is 18.1 Å². The Morgan fingerprint density at radius 1 is 1.11 bits per heavy atom. The molecule has 2 amide bonds. The van der Waals surface area contributed by atoms with E-state index in [1.165, 1.54) is 0 Å². The van der Waals surface area contributed by atoms with E-state index in [2.05, 4.69) is 11.4 Å². The van der Waals surface area contributed by atoms with Gasteiger partial charge in [-0.15, -0.1) is 0 Å². The minimum absolute atomic E-state index is 0.0434. The van der Waals surface area contributed by atoms with Crippen LogP contribution in [0.3, 0.4) is 0 Å². The summed E-state index contributed by atoms with van der Waals surface area (Å²) in [6, 6.07) is 13.8. The normalized spacial score (nSPS) is 13.7. The van der Waals surface area contributed by atoms with Gasteiger partial charge in [-0.1, -0.05) is 18.2 Å². The van der Waals surface area contributed by atoms with Crippen LogP contribution in [0.1, 0.15) is 36.0 Å². The Labute approximate surface area is 160 Å². The summed E-state index contributed by atoms with van der Waals surface area (Å²) in [6.45, 7) is 5.66. The highest BCUT2D eigenvalue weighted by Crippen LogP contribution is 2.21. The fraction of sp³-hybridized carbons (Fsp3) is 0.364. The first-order valence-electron chi connectivity index (χ1n) is 9.38. The molecule has 0 radical (unpaired) electrons. The van der Waals surface area contributed by atoms with Gasteiger partial charge in [0.15, 0.2) is 0 Å². The van der Waals surface area contributed by atoms with E-state index in [0.717, 1.165) is 41.1 Å². The van der Waals surface area contributed by atoms with Crippen LogP contribution in [0, 0.1) is 13.8 Å². The Bertz CT molecular complexity index is 795. The third kappa shape index (κ3) is 5.33. The molecule has 5 heteroatoms. The monoisotopic (exact) mass is 366 g/mol. The summed E-state index contributed by atoms with van der Waals surface area (Å²) >= 11 is 0. The molecule has 27 heavy (non-hydrogen) atoms.